The van der Waals surface area contributed by atoms with E-state index in [9.17, 15) is 28.2 Å². The largest absolute Gasteiger partial charge is 0.457 e. The number of benzene rings is 2. The summed E-state index contributed by atoms with van der Waals surface area (Å²) in [7, 11) is 1.51. The van der Waals surface area contributed by atoms with Crippen molar-refractivity contribution in [1.29, 1.82) is 0 Å². The second kappa shape index (κ2) is 9.25. The van der Waals surface area contributed by atoms with Gasteiger partial charge in [-0.25, -0.2) is 4.98 Å². The van der Waals surface area contributed by atoms with Gasteiger partial charge in [0.25, 0.3) is 5.91 Å². The number of carbonyl (C=O) groups is 1. The lowest BCUT2D eigenvalue weighted by Gasteiger charge is -2.15. The van der Waals surface area contributed by atoms with Crippen LogP contribution in [0.4, 0.5) is 18.9 Å². The third kappa shape index (κ3) is 5.16. The van der Waals surface area contributed by atoms with Crippen LogP contribution in [0.1, 0.15) is 27.7 Å². The Kier molecular flexibility index (Phi) is 6.66. The molecule has 2 aromatic carbocycles. The number of anilines is 1. The first-order chi connectivity index (χ1) is 15.1. The average molecular weight is 447 g/mol. The summed E-state index contributed by atoms with van der Waals surface area (Å²) < 4.78 is 45.6. The molecule has 1 aromatic heterocycles. The molecular weight excluding hydrogens is 427 g/mol. The molecule has 1 heterocycles. The fourth-order valence-corrected chi connectivity index (χ4v) is 2.94. The first-order valence-electron chi connectivity index (χ1n) is 9.40. The number of carbonyl (C=O) groups excluding carboxylic acids is 1. The Morgan fingerprint density at radius 3 is 2.41 bits per heavy atom. The molecule has 0 aliphatic heterocycles. The highest BCUT2D eigenvalue weighted by Crippen LogP contribution is 2.40. The van der Waals surface area contributed by atoms with E-state index in [2.05, 4.69) is 10.3 Å². The maximum Gasteiger partial charge on any atom is 0.420 e. The van der Waals surface area contributed by atoms with E-state index in [-0.39, 0.29) is 28.5 Å². The molecule has 1 atom stereocenters. The molecule has 3 aromatic rings. The maximum absolute atomic E-state index is 13.4. The zero-order chi connectivity index (χ0) is 23.5. The molecule has 1 amide bonds. The summed E-state index contributed by atoms with van der Waals surface area (Å²) in [5.41, 5.74) is 5.57. The molecule has 0 radical (unpaired) electrons. The Morgan fingerprint density at radius 1 is 1.16 bits per heavy atom. The topological polar surface area (TPSA) is 118 Å². The van der Waals surface area contributed by atoms with Crippen LogP contribution in [0, 0.1) is 0 Å². The lowest BCUT2D eigenvalue weighted by Crippen LogP contribution is -2.15. The molecule has 0 saturated carbocycles. The van der Waals surface area contributed by atoms with Crippen LogP contribution in [0.3, 0.4) is 0 Å². The monoisotopic (exact) mass is 447 g/mol. The van der Waals surface area contributed by atoms with Crippen molar-refractivity contribution in [2.45, 2.75) is 12.3 Å². The summed E-state index contributed by atoms with van der Waals surface area (Å²) in [6.07, 6.45) is -5.84. The van der Waals surface area contributed by atoms with E-state index in [1.165, 1.54) is 55.6 Å². The number of hydrogen-bond donors (Lipinski definition) is 4. The second-order valence-electron chi connectivity index (χ2n) is 6.82. The van der Waals surface area contributed by atoms with Gasteiger partial charge in [0.15, 0.2) is 0 Å². The molecule has 0 aliphatic rings. The van der Waals surface area contributed by atoms with Crippen molar-refractivity contribution in [1.82, 2.24) is 4.98 Å². The first kappa shape index (κ1) is 23.0. The third-order valence-corrected chi connectivity index (χ3v) is 4.61. The number of aromatic nitrogens is 1. The van der Waals surface area contributed by atoms with Crippen LogP contribution >= 0.6 is 0 Å². The van der Waals surface area contributed by atoms with Gasteiger partial charge >= 0.3 is 6.18 Å². The number of nitrogens with one attached hydrogen (secondary N) is 1. The summed E-state index contributed by atoms with van der Waals surface area (Å²) in [4.78, 5) is 15.7. The summed E-state index contributed by atoms with van der Waals surface area (Å²) >= 11 is 0. The normalized spacial score (nSPS) is 12.3. The smallest absolute Gasteiger partial charge is 0.420 e. The number of alkyl halides is 3. The Balaban J connectivity index is 1.93. The molecular formula is C22H20F3N3O4. The third-order valence-electron chi connectivity index (χ3n) is 4.61. The predicted octanol–water partition coefficient (Wildman–Crippen LogP) is 3.73. The number of aliphatic hydroxyl groups is 2. The number of pyridine rings is 1. The number of nitrogens with zero attached hydrogens (tertiary/aromatic N) is 1. The van der Waals surface area contributed by atoms with Crippen molar-refractivity contribution in [2.75, 3.05) is 19.0 Å². The van der Waals surface area contributed by atoms with Gasteiger partial charge in [0, 0.05) is 18.3 Å². The fraction of sp³-hybridized carbons (Fsp3) is 0.182. The van der Waals surface area contributed by atoms with E-state index in [1.807, 2.05) is 0 Å². The molecule has 168 valence electrons. The number of nitrogens with two attached hydrogens (primary N) is 1. The summed E-state index contributed by atoms with van der Waals surface area (Å²) in [5, 5.41) is 21.7. The fourth-order valence-electron chi connectivity index (χ4n) is 2.94. The minimum Gasteiger partial charge on any atom is -0.457 e. The minimum atomic E-state index is -4.61. The van der Waals surface area contributed by atoms with E-state index in [1.54, 1.807) is 0 Å². The van der Waals surface area contributed by atoms with Gasteiger partial charge in [0.2, 0.25) is 0 Å². The van der Waals surface area contributed by atoms with Gasteiger partial charge in [-0.1, -0.05) is 0 Å². The quantitative estimate of drug-likeness (QED) is 0.439. The molecule has 7 nitrogen and oxygen atoms in total. The number of primary amides is 1. The molecule has 32 heavy (non-hydrogen) atoms. The molecule has 0 aliphatic carbocycles. The zero-order valence-electron chi connectivity index (χ0n) is 16.8. The minimum absolute atomic E-state index is 0.107. The van der Waals surface area contributed by atoms with Crippen LogP contribution in [-0.2, 0) is 6.18 Å². The molecule has 0 saturated heterocycles. The van der Waals surface area contributed by atoms with Gasteiger partial charge in [-0.15, -0.1) is 0 Å². The Morgan fingerprint density at radius 2 is 1.84 bits per heavy atom. The predicted molar refractivity (Wildman–Crippen MR) is 111 cm³/mol. The average Bonchev–Trinajstić information content (AvgIpc) is 2.78. The Hall–Kier alpha value is -3.63. The lowest BCUT2D eigenvalue weighted by atomic mass is 10.0. The van der Waals surface area contributed by atoms with E-state index in [4.69, 9.17) is 10.5 Å². The van der Waals surface area contributed by atoms with Crippen LogP contribution in [-0.4, -0.2) is 34.8 Å². The SMILES string of the molecule is CNc1ccc(Oc2ccc(-c3cc([C@H](O)CO)cc(C(N)=O)n3)cc2)c(C(F)(F)F)c1. The van der Waals surface area contributed by atoms with Crippen LogP contribution in [0.15, 0.2) is 54.6 Å². The molecule has 0 spiro atoms. The first-order valence-corrected chi connectivity index (χ1v) is 9.40. The number of amides is 1. The van der Waals surface area contributed by atoms with Crippen LogP contribution < -0.4 is 15.8 Å². The molecule has 3 rings (SSSR count). The highest BCUT2D eigenvalue weighted by Gasteiger charge is 2.35. The zero-order valence-corrected chi connectivity index (χ0v) is 16.8. The van der Waals surface area contributed by atoms with Gasteiger partial charge in [-0.05, 0) is 60.2 Å². The van der Waals surface area contributed by atoms with Gasteiger partial charge in [0.05, 0.1) is 12.3 Å². The highest BCUT2D eigenvalue weighted by molar-refractivity contribution is 5.91. The van der Waals surface area contributed by atoms with Crippen LogP contribution in [0.5, 0.6) is 11.5 Å². The van der Waals surface area contributed by atoms with E-state index in [0.29, 0.717) is 11.3 Å². The van der Waals surface area contributed by atoms with Gasteiger partial charge in [-0.2, -0.15) is 13.2 Å². The maximum atomic E-state index is 13.4. The molecule has 10 heteroatoms. The van der Waals surface area contributed by atoms with Gasteiger partial charge < -0.3 is 26.0 Å². The number of hydrogen-bond acceptors (Lipinski definition) is 6. The number of ether oxygens (including phenoxy) is 1. The van der Waals surface area contributed by atoms with Crippen LogP contribution in [0.2, 0.25) is 0 Å². The van der Waals surface area contributed by atoms with E-state index >= 15 is 0 Å². The standard InChI is InChI=1S/C22H20F3N3O4/c1-27-14-4-7-20(16(10-14)22(23,24)25)32-15-5-2-12(3-6-15)17-8-13(19(30)11-29)9-18(28-17)21(26)31/h2-10,19,27,29-30H,11H2,1H3,(H2,26,31)/t19-/m1/s1. The van der Waals surface area contributed by atoms with E-state index < -0.39 is 30.4 Å². The van der Waals surface area contributed by atoms with Crippen molar-refractivity contribution >= 4 is 11.6 Å². The summed E-state index contributed by atoms with van der Waals surface area (Å²) in [5.74, 6) is -1.02. The van der Waals surface area contributed by atoms with Crippen molar-refractivity contribution in [2.24, 2.45) is 5.73 Å². The summed E-state index contributed by atoms with van der Waals surface area (Å²) in [6.45, 7) is -0.567. The molecule has 0 bridgehead atoms. The van der Waals surface area contributed by atoms with Gasteiger partial charge in [0.1, 0.15) is 28.9 Å². The second-order valence-corrected chi connectivity index (χ2v) is 6.82. The number of halogens is 3. The van der Waals surface area contributed by atoms with Gasteiger partial charge in [-0.3, -0.25) is 4.79 Å². The molecule has 5 N–H and O–H groups in total. The van der Waals surface area contributed by atoms with E-state index in [0.717, 1.165) is 6.07 Å². The van der Waals surface area contributed by atoms with Crippen molar-refractivity contribution < 1.29 is 32.9 Å². The summed E-state index contributed by atoms with van der Waals surface area (Å²) in [6, 6.07) is 12.4. The number of rotatable bonds is 7. The lowest BCUT2D eigenvalue weighted by molar-refractivity contribution is -0.138. The Bertz CT molecular complexity index is 1120. The van der Waals surface area contributed by atoms with Crippen molar-refractivity contribution in [3.05, 3.63) is 71.4 Å². The molecule has 0 fully saturated rings. The number of aliphatic hydroxyl groups excluding tert-OH is 2. The van der Waals surface area contributed by atoms with Crippen molar-refractivity contribution in [3.8, 4) is 22.8 Å². The van der Waals surface area contributed by atoms with Crippen molar-refractivity contribution in [3.63, 3.8) is 0 Å². The molecule has 0 unspecified atom stereocenters. The van der Waals surface area contributed by atoms with Crippen LogP contribution in [0.25, 0.3) is 11.3 Å². The Labute approximate surface area is 181 Å². The highest BCUT2D eigenvalue weighted by atomic mass is 19.4.